The second kappa shape index (κ2) is 7.79. The Hall–Kier alpha value is -2.19. The van der Waals surface area contributed by atoms with Crippen molar-refractivity contribution < 1.29 is 23.9 Å². The predicted octanol–water partition coefficient (Wildman–Crippen LogP) is 2.24. The Morgan fingerprint density at radius 3 is 3.08 bits per heavy atom. The molecule has 0 aliphatic carbocycles. The Balaban J connectivity index is 1.78. The van der Waals surface area contributed by atoms with Gasteiger partial charge in [-0.2, -0.15) is 0 Å². The van der Waals surface area contributed by atoms with E-state index in [2.05, 4.69) is 4.90 Å². The van der Waals surface area contributed by atoms with Gasteiger partial charge in [-0.05, 0) is 26.3 Å². The van der Waals surface area contributed by atoms with E-state index in [0.717, 1.165) is 24.9 Å². The molecule has 0 amide bonds. The molecule has 0 saturated carbocycles. The number of nitro groups is 1. The number of non-ortho nitro benzene ring substituents is 1. The third kappa shape index (κ3) is 4.08. The van der Waals surface area contributed by atoms with Gasteiger partial charge in [0.15, 0.2) is 6.79 Å². The highest BCUT2D eigenvalue weighted by molar-refractivity contribution is 5.72. The first kappa shape index (κ1) is 17.6. The van der Waals surface area contributed by atoms with E-state index in [9.17, 15) is 14.9 Å². The van der Waals surface area contributed by atoms with Crippen molar-refractivity contribution in [3.63, 3.8) is 0 Å². The van der Waals surface area contributed by atoms with Crippen molar-refractivity contribution in [1.82, 2.24) is 4.90 Å². The first-order valence-corrected chi connectivity index (χ1v) is 8.48. The number of hydrogen-bond acceptors (Lipinski definition) is 7. The summed E-state index contributed by atoms with van der Waals surface area (Å²) < 4.78 is 15.9. The maximum Gasteiger partial charge on any atom is 0.310 e. The van der Waals surface area contributed by atoms with Gasteiger partial charge in [-0.1, -0.05) is 0 Å². The van der Waals surface area contributed by atoms with E-state index >= 15 is 0 Å². The molecule has 0 bridgehead atoms. The van der Waals surface area contributed by atoms with Crippen molar-refractivity contribution in [3.8, 4) is 5.75 Å². The Bertz CT molecular complexity index is 663. The van der Waals surface area contributed by atoms with Crippen LogP contribution in [0.15, 0.2) is 12.1 Å². The van der Waals surface area contributed by atoms with Crippen LogP contribution < -0.4 is 4.74 Å². The van der Waals surface area contributed by atoms with E-state index in [4.69, 9.17) is 14.2 Å². The summed E-state index contributed by atoms with van der Waals surface area (Å²) in [5.74, 6) is 0.348. The van der Waals surface area contributed by atoms with Gasteiger partial charge in [-0.25, -0.2) is 0 Å². The lowest BCUT2D eigenvalue weighted by atomic mass is 9.97. The minimum absolute atomic E-state index is 0.0294. The molecule has 2 aliphatic rings. The van der Waals surface area contributed by atoms with Gasteiger partial charge in [-0.3, -0.25) is 19.8 Å². The predicted molar refractivity (Wildman–Crippen MR) is 88.0 cm³/mol. The number of piperidine rings is 1. The molecule has 1 saturated heterocycles. The molecule has 2 heterocycles. The number of fused-ring (bicyclic) bond motifs is 1. The number of benzene rings is 1. The zero-order valence-corrected chi connectivity index (χ0v) is 14.2. The van der Waals surface area contributed by atoms with Crippen LogP contribution in [0.4, 0.5) is 5.69 Å². The summed E-state index contributed by atoms with van der Waals surface area (Å²) in [5.41, 5.74) is 1.48. The first-order chi connectivity index (χ1) is 12.1. The average Bonchev–Trinajstić information content (AvgIpc) is 2.62. The molecule has 3 rings (SSSR count). The van der Waals surface area contributed by atoms with Crippen LogP contribution in [0.2, 0.25) is 0 Å². The monoisotopic (exact) mass is 350 g/mol. The lowest BCUT2D eigenvalue weighted by Crippen LogP contribution is -2.39. The van der Waals surface area contributed by atoms with Crippen molar-refractivity contribution in [2.75, 3.05) is 26.5 Å². The van der Waals surface area contributed by atoms with Crippen LogP contribution in [0, 0.1) is 16.0 Å². The zero-order chi connectivity index (χ0) is 17.8. The van der Waals surface area contributed by atoms with Gasteiger partial charge in [-0.15, -0.1) is 0 Å². The van der Waals surface area contributed by atoms with Crippen molar-refractivity contribution in [2.45, 2.75) is 32.9 Å². The quantitative estimate of drug-likeness (QED) is 0.457. The number of rotatable bonds is 5. The first-order valence-electron chi connectivity index (χ1n) is 8.48. The van der Waals surface area contributed by atoms with Gasteiger partial charge >= 0.3 is 5.97 Å². The highest BCUT2D eigenvalue weighted by Gasteiger charge is 2.28. The van der Waals surface area contributed by atoms with Gasteiger partial charge in [0.1, 0.15) is 5.75 Å². The fourth-order valence-electron chi connectivity index (χ4n) is 3.40. The second-order valence-electron chi connectivity index (χ2n) is 6.29. The highest BCUT2D eigenvalue weighted by atomic mass is 16.7. The van der Waals surface area contributed by atoms with E-state index in [-0.39, 0.29) is 24.4 Å². The van der Waals surface area contributed by atoms with Crippen molar-refractivity contribution in [3.05, 3.63) is 33.4 Å². The van der Waals surface area contributed by atoms with Gasteiger partial charge in [0, 0.05) is 36.3 Å². The van der Waals surface area contributed by atoms with Gasteiger partial charge in [0.25, 0.3) is 5.69 Å². The molecular formula is C17H22N2O6. The van der Waals surface area contributed by atoms with E-state index in [1.54, 1.807) is 13.0 Å². The minimum atomic E-state index is -0.407. The SMILES string of the molecule is CCOC(=O)[C@H]1CCCN(Cc2cc([N+](=O)[O-])cc3c2OCOC3)C1. The third-order valence-electron chi connectivity index (χ3n) is 4.50. The molecule has 2 aliphatic heterocycles. The fourth-order valence-corrected chi connectivity index (χ4v) is 3.40. The summed E-state index contributed by atoms with van der Waals surface area (Å²) in [5, 5.41) is 11.2. The van der Waals surface area contributed by atoms with E-state index in [1.165, 1.54) is 6.07 Å². The number of nitrogens with zero attached hydrogens (tertiary/aromatic N) is 2. The molecule has 0 spiro atoms. The molecule has 0 unspecified atom stereocenters. The average molecular weight is 350 g/mol. The van der Waals surface area contributed by atoms with Crippen LogP contribution in [-0.2, 0) is 27.4 Å². The standard InChI is InChI=1S/C17H22N2O6/c1-2-24-17(20)12-4-3-5-18(8-12)9-13-6-15(19(21)22)7-14-10-23-11-25-16(13)14/h6-7,12H,2-5,8-11H2,1H3/t12-/m0/s1. The third-order valence-corrected chi connectivity index (χ3v) is 4.50. The van der Waals surface area contributed by atoms with E-state index in [0.29, 0.717) is 37.6 Å². The largest absolute Gasteiger partial charge is 0.467 e. The summed E-state index contributed by atoms with van der Waals surface area (Å²) in [6, 6.07) is 3.05. The molecule has 0 N–H and O–H groups in total. The number of likely N-dealkylation sites (tertiary alicyclic amines) is 1. The summed E-state index contributed by atoms with van der Waals surface area (Å²) in [6.45, 7) is 4.55. The van der Waals surface area contributed by atoms with Crippen LogP contribution in [0.25, 0.3) is 0 Å². The number of esters is 1. The van der Waals surface area contributed by atoms with Crippen LogP contribution in [-0.4, -0.2) is 42.3 Å². The van der Waals surface area contributed by atoms with E-state index < -0.39 is 4.92 Å². The Labute approximate surface area is 145 Å². The summed E-state index contributed by atoms with van der Waals surface area (Å²) in [4.78, 5) is 24.9. The fraction of sp³-hybridized carbons (Fsp3) is 0.588. The summed E-state index contributed by atoms with van der Waals surface area (Å²) >= 11 is 0. The minimum Gasteiger partial charge on any atom is -0.467 e. The number of hydrogen-bond donors (Lipinski definition) is 0. The lowest BCUT2D eigenvalue weighted by Gasteiger charge is -2.32. The molecule has 8 heteroatoms. The van der Waals surface area contributed by atoms with Crippen molar-refractivity contribution in [2.24, 2.45) is 5.92 Å². The molecule has 0 radical (unpaired) electrons. The van der Waals surface area contributed by atoms with Crippen molar-refractivity contribution >= 4 is 11.7 Å². The molecule has 25 heavy (non-hydrogen) atoms. The van der Waals surface area contributed by atoms with Gasteiger partial charge in [0.2, 0.25) is 0 Å². The topological polar surface area (TPSA) is 91.1 Å². The number of nitro benzene ring substituents is 1. The maximum atomic E-state index is 12.0. The number of carbonyl (C=O) groups excluding carboxylic acids is 1. The van der Waals surface area contributed by atoms with E-state index in [1.807, 2.05) is 0 Å². The molecule has 136 valence electrons. The number of carbonyl (C=O) groups is 1. The van der Waals surface area contributed by atoms with Crippen LogP contribution >= 0.6 is 0 Å². The normalized spacial score (nSPS) is 20.4. The Morgan fingerprint density at radius 2 is 2.32 bits per heavy atom. The lowest BCUT2D eigenvalue weighted by molar-refractivity contribution is -0.385. The highest BCUT2D eigenvalue weighted by Crippen LogP contribution is 2.34. The van der Waals surface area contributed by atoms with Crippen molar-refractivity contribution in [1.29, 1.82) is 0 Å². The molecule has 1 fully saturated rings. The van der Waals surface area contributed by atoms with Crippen LogP contribution in [0.1, 0.15) is 30.9 Å². The zero-order valence-electron chi connectivity index (χ0n) is 14.2. The molecule has 8 nitrogen and oxygen atoms in total. The van der Waals surface area contributed by atoms with Gasteiger partial charge in [0.05, 0.1) is 24.1 Å². The number of ether oxygens (including phenoxy) is 3. The second-order valence-corrected chi connectivity index (χ2v) is 6.29. The summed E-state index contributed by atoms with van der Waals surface area (Å²) in [6.07, 6.45) is 1.71. The maximum absolute atomic E-state index is 12.0. The molecule has 1 aromatic carbocycles. The molecule has 0 aromatic heterocycles. The van der Waals surface area contributed by atoms with Crippen LogP contribution in [0.3, 0.4) is 0 Å². The molecular weight excluding hydrogens is 328 g/mol. The van der Waals surface area contributed by atoms with Crippen LogP contribution in [0.5, 0.6) is 5.75 Å². The van der Waals surface area contributed by atoms with Gasteiger partial charge < -0.3 is 14.2 Å². The molecule has 1 atom stereocenters. The smallest absolute Gasteiger partial charge is 0.310 e. The Kier molecular flexibility index (Phi) is 5.50. The Morgan fingerprint density at radius 1 is 1.48 bits per heavy atom. The summed E-state index contributed by atoms with van der Waals surface area (Å²) in [7, 11) is 0. The molecule has 1 aromatic rings.